The average Bonchev–Trinajstić information content (AvgIpc) is 2.82. The highest BCUT2D eigenvalue weighted by Gasteiger charge is 2.30. The van der Waals surface area contributed by atoms with Crippen LogP contribution in [0.5, 0.6) is 0 Å². The molecule has 0 aliphatic carbocycles. The molecule has 2 heterocycles. The van der Waals surface area contributed by atoms with Crippen molar-refractivity contribution in [1.82, 2.24) is 4.90 Å². The summed E-state index contributed by atoms with van der Waals surface area (Å²) in [7, 11) is 0. The maximum Gasteiger partial charge on any atom is 0.264 e. The van der Waals surface area contributed by atoms with Crippen molar-refractivity contribution in [1.29, 1.82) is 0 Å². The van der Waals surface area contributed by atoms with E-state index in [1.165, 1.54) is 11.3 Å². The van der Waals surface area contributed by atoms with Crippen LogP contribution >= 0.6 is 11.3 Å². The first-order valence-electron chi connectivity index (χ1n) is 5.29. The number of aliphatic hydroxyl groups excluding tert-OH is 1. The van der Waals surface area contributed by atoms with Gasteiger partial charge in [0.05, 0.1) is 30.2 Å². The van der Waals surface area contributed by atoms with Crippen molar-refractivity contribution in [2.45, 2.75) is 19.1 Å². The third-order valence-corrected chi connectivity index (χ3v) is 3.56. The van der Waals surface area contributed by atoms with Gasteiger partial charge in [-0.15, -0.1) is 11.3 Å². The van der Waals surface area contributed by atoms with Gasteiger partial charge >= 0.3 is 0 Å². The molecule has 0 radical (unpaired) electrons. The SMILES string of the molecule is CC1COC(CO)CN1C(=O)c1cccs1. The summed E-state index contributed by atoms with van der Waals surface area (Å²) < 4.78 is 5.40. The van der Waals surface area contributed by atoms with Crippen LogP contribution in [0.3, 0.4) is 0 Å². The molecule has 1 saturated heterocycles. The lowest BCUT2D eigenvalue weighted by molar-refractivity contribution is -0.0666. The summed E-state index contributed by atoms with van der Waals surface area (Å²) in [5.74, 6) is 0.0317. The van der Waals surface area contributed by atoms with Crippen LogP contribution in [0.15, 0.2) is 17.5 Å². The second-order valence-corrected chi connectivity index (χ2v) is 4.87. The highest BCUT2D eigenvalue weighted by atomic mass is 32.1. The Balaban J connectivity index is 2.09. The van der Waals surface area contributed by atoms with Crippen LogP contribution in [0.25, 0.3) is 0 Å². The Labute approximate surface area is 98.4 Å². The summed E-state index contributed by atoms with van der Waals surface area (Å²) in [6.45, 7) is 2.87. The van der Waals surface area contributed by atoms with Crippen molar-refractivity contribution in [2.75, 3.05) is 19.8 Å². The third-order valence-electron chi connectivity index (χ3n) is 2.70. The molecule has 1 aliphatic heterocycles. The molecule has 1 N–H and O–H groups in total. The molecule has 0 bridgehead atoms. The molecule has 1 fully saturated rings. The Kier molecular flexibility index (Phi) is 3.58. The van der Waals surface area contributed by atoms with E-state index in [-0.39, 0.29) is 24.7 Å². The number of morpholine rings is 1. The van der Waals surface area contributed by atoms with Crippen molar-refractivity contribution in [3.63, 3.8) is 0 Å². The summed E-state index contributed by atoms with van der Waals surface area (Å²) in [6.07, 6.45) is -0.250. The fraction of sp³-hybridized carbons (Fsp3) is 0.545. The zero-order valence-corrected chi connectivity index (χ0v) is 9.94. The standard InChI is InChI=1S/C11H15NO3S/c1-8-7-15-9(6-13)5-12(8)11(14)10-3-2-4-16-10/h2-4,8-9,13H,5-7H2,1H3. The molecule has 88 valence electrons. The van der Waals surface area contributed by atoms with E-state index in [0.717, 1.165) is 4.88 Å². The zero-order chi connectivity index (χ0) is 11.5. The van der Waals surface area contributed by atoms with Crippen molar-refractivity contribution in [2.24, 2.45) is 0 Å². The predicted molar refractivity (Wildman–Crippen MR) is 61.6 cm³/mol. The van der Waals surface area contributed by atoms with Gasteiger partial charge < -0.3 is 14.7 Å². The Morgan fingerprint density at radius 1 is 1.75 bits per heavy atom. The number of ether oxygens (including phenoxy) is 1. The molecule has 2 atom stereocenters. The monoisotopic (exact) mass is 241 g/mol. The Bertz CT molecular complexity index is 352. The Hall–Kier alpha value is -0.910. The largest absolute Gasteiger partial charge is 0.394 e. The molecular weight excluding hydrogens is 226 g/mol. The van der Waals surface area contributed by atoms with Crippen LogP contribution in [-0.4, -0.2) is 47.8 Å². The molecule has 2 rings (SSSR count). The number of hydrogen-bond donors (Lipinski definition) is 1. The fourth-order valence-corrected chi connectivity index (χ4v) is 2.43. The maximum absolute atomic E-state index is 12.1. The predicted octanol–water partition coefficient (Wildman–Crippen LogP) is 0.970. The molecule has 1 aromatic heterocycles. The van der Waals surface area contributed by atoms with Crippen molar-refractivity contribution < 1.29 is 14.6 Å². The summed E-state index contributed by atoms with van der Waals surface area (Å²) in [4.78, 5) is 14.6. The van der Waals surface area contributed by atoms with Gasteiger partial charge in [0.1, 0.15) is 0 Å². The molecule has 2 unspecified atom stereocenters. The lowest BCUT2D eigenvalue weighted by Gasteiger charge is -2.37. The van der Waals surface area contributed by atoms with Gasteiger partial charge in [-0.05, 0) is 18.4 Å². The number of nitrogens with zero attached hydrogens (tertiary/aromatic N) is 1. The summed E-state index contributed by atoms with van der Waals surface area (Å²) in [6, 6.07) is 3.76. The van der Waals surface area contributed by atoms with Gasteiger partial charge in [-0.3, -0.25) is 4.79 Å². The normalized spacial score (nSPS) is 25.8. The minimum atomic E-state index is -0.250. The topological polar surface area (TPSA) is 49.8 Å². The molecule has 0 aromatic carbocycles. The lowest BCUT2D eigenvalue weighted by Crippen LogP contribution is -2.51. The Morgan fingerprint density at radius 2 is 2.56 bits per heavy atom. The second kappa shape index (κ2) is 4.95. The van der Waals surface area contributed by atoms with Gasteiger partial charge in [0.25, 0.3) is 5.91 Å². The second-order valence-electron chi connectivity index (χ2n) is 3.92. The number of carbonyl (C=O) groups is 1. The highest BCUT2D eigenvalue weighted by Crippen LogP contribution is 2.18. The van der Waals surface area contributed by atoms with E-state index in [9.17, 15) is 4.79 Å². The van der Waals surface area contributed by atoms with Gasteiger partial charge in [-0.1, -0.05) is 6.07 Å². The Morgan fingerprint density at radius 3 is 3.19 bits per heavy atom. The fourth-order valence-electron chi connectivity index (χ4n) is 1.75. The summed E-state index contributed by atoms with van der Waals surface area (Å²) in [5, 5.41) is 10.9. The molecule has 0 spiro atoms. The van der Waals surface area contributed by atoms with Crippen LogP contribution in [0, 0.1) is 0 Å². The van der Waals surface area contributed by atoms with E-state index >= 15 is 0 Å². The average molecular weight is 241 g/mol. The molecular formula is C11H15NO3S. The van der Waals surface area contributed by atoms with Gasteiger partial charge in [0.15, 0.2) is 0 Å². The maximum atomic E-state index is 12.1. The molecule has 1 aromatic rings. The first-order chi connectivity index (χ1) is 7.72. The number of hydrogen-bond acceptors (Lipinski definition) is 4. The molecule has 1 aliphatic rings. The van der Waals surface area contributed by atoms with E-state index in [1.54, 1.807) is 4.90 Å². The number of amides is 1. The third kappa shape index (κ3) is 2.26. The molecule has 5 heteroatoms. The van der Waals surface area contributed by atoms with Crippen LogP contribution in [0.4, 0.5) is 0 Å². The van der Waals surface area contributed by atoms with E-state index in [2.05, 4.69) is 0 Å². The summed E-state index contributed by atoms with van der Waals surface area (Å²) in [5.41, 5.74) is 0. The number of thiophene rings is 1. The minimum absolute atomic E-state index is 0.0317. The number of rotatable bonds is 2. The summed E-state index contributed by atoms with van der Waals surface area (Å²) >= 11 is 1.44. The zero-order valence-electron chi connectivity index (χ0n) is 9.13. The van der Waals surface area contributed by atoms with Gasteiger partial charge in [-0.25, -0.2) is 0 Å². The van der Waals surface area contributed by atoms with E-state index in [0.29, 0.717) is 13.2 Å². The van der Waals surface area contributed by atoms with E-state index in [4.69, 9.17) is 9.84 Å². The minimum Gasteiger partial charge on any atom is -0.394 e. The van der Waals surface area contributed by atoms with Crippen LogP contribution in [-0.2, 0) is 4.74 Å². The number of carbonyl (C=O) groups excluding carboxylic acids is 1. The lowest BCUT2D eigenvalue weighted by atomic mass is 10.2. The van der Waals surface area contributed by atoms with Gasteiger partial charge in [0.2, 0.25) is 0 Å². The highest BCUT2D eigenvalue weighted by molar-refractivity contribution is 7.12. The molecule has 4 nitrogen and oxygen atoms in total. The van der Waals surface area contributed by atoms with Crippen LogP contribution < -0.4 is 0 Å². The van der Waals surface area contributed by atoms with E-state index in [1.807, 2.05) is 24.4 Å². The quantitative estimate of drug-likeness (QED) is 0.839. The van der Waals surface area contributed by atoms with Crippen molar-refractivity contribution >= 4 is 17.2 Å². The van der Waals surface area contributed by atoms with Crippen LogP contribution in [0.2, 0.25) is 0 Å². The van der Waals surface area contributed by atoms with Gasteiger partial charge in [-0.2, -0.15) is 0 Å². The first kappa shape index (κ1) is 11.6. The molecule has 0 saturated carbocycles. The van der Waals surface area contributed by atoms with Crippen molar-refractivity contribution in [3.05, 3.63) is 22.4 Å². The first-order valence-corrected chi connectivity index (χ1v) is 6.17. The smallest absolute Gasteiger partial charge is 0.264 e. The van der Waals surface area contributed by atoms with Crippen LogP contribution in [0.1, 0.15) is 16.6 Å². The van der Waals surface area contributed by atoms with Crippen molar-refractivity contribution in [3.8, 4) is 0 Å². The molecule has 1 amide bonds. The van der Waals surface area contributed by atoms with Gasteiger partial charge in [0, 0.05) is 6.54 Å². The van der Waals surface area contributed by atoms with E-state index < -0.39 is 0 Å². The number of aliphatic hydroxyl groups is 1. The molecule has 16 heavy (non-hydrogen) atoms.